The van der Waals surface area contributed by atoms with E-state index >= 15 is 0 Å². The van der Waals surface area contributed by atoms with E-state index < -0.39 is 0 Å². The molecule has 0 saturated heterocycles. The molecule has 7 heteroatoms. The van der Waals surface area contributed by atoms with Crippen LogP contribution in [0.15, 0.2) is 0 Å². The second-order valence-corrected chi connectivity index (χ2v) is 3.06. The molecule has 1 heterocycles. The summed E-state index contributed by atoms with van der Waals surface area (Å²) in [6, 6.07) is 0. The van der Waals surface area contributed by atoms with Crippen molar-refractivity contribution in [3.8, 4) is 0 Å². The third-order valence-electron chi connectivity index (χ3n) is 1.71. The van der Waals surface area contributed by atoms with Crippen LogP contribution < -0.4 is 5.32 Å². The van der Waals surface area contributed by atoms with Gasteiger partial charge in [-0.2, -0.15) is 4.80 Å². The Hall–Kier alpha value is -1.05. The van der Waals surface area contributed by atoms with Gasteiger partial charge in [0, 0.05) is 6.61 Å². The van der Waals surface area contributed by atoms with Gasteiger partial charge < -0.3 is 15.2 Å². The number of hydrogen-bond donors (Lipinski definition) is 2. The van der Waals surface area contributed by atoms with E-state index in [0.717, 1.165) is 13.0 Å². The highest BCUT2D eigenvalue weighted by Gasteiger charge is 1.98. The Morgan fingerprint density at radius 3 is 3.00 bits per heavy atom. The minimum atomic E-state index is 0.0803. The molecule has 0 aliphatic carbocycles. The lowest BCUT2D eigenvalue weighted by atomic mass is 10.4. The summed E-state index contributed by atoms with van der Waals surface area (Å²) in [6.45, 7) is 2.60. The van der Waals surface area contributed by atoms with Crippen molar-refractivity contribution in [1.29, 1.82) is 0 Å². The summed E-state index contributed by atoms with van der Waals surface area (Å²) >= 11 is 0. The first kappa shape index (κ1) is 12.0. The highest BCUT2D eigenvalue weighted by Crippen LogP contribution is 1.85. The molecule has 1 aromatic rings. The van der Waals surface area contributed by atoms with E-state index in [2.05, 4.69) is 20.7 Å². The van der Waals surface area contributed by atoms with Crippen LogP contribution in [0.3, 0.4) is 0 Å². The van der Waals surface area contributed by atoms with Crippen LogP contribution in [-0.4, -0.2) is 51.7 Å². The van der Waals surface area contributed by atoms with E-state index in [1.165, 1.54) is 4.80 Å². The number of aliphatic hydroxyl groups excluding tert-OH is 1. The topological polar surface area (TPSA) is 85.1 Å². The largest absolute Gasteiger partial charge is 0.394 e. The molecule has 0 radical (unpaired) electrons. The summed E-state index contributed by atoms with van der Waals surface area (Å²) in [4.78, 5) is 1.43. The number of nitrogens with zero attached hydrogens (tertiary/aromatic N) is 4. The fourth-order valence-electron chi connectivity index (χ4n) is 1.06. The normalized spacial score (nSPS) is 10.8. The Morgan fingerprint density at radius 2 is 2.33 bits per heavy atom. The van der Waals surface area contributed by atoms with E-state index in [0.29, 0.717) is 25.6 Å². The van der Waals surface area contributed by atoms with Crippen LogP contribution in [0.5, 0.6) is 0 Å². The molecule has 0 unspecified atom stereocenters. The van der Waals surface area contributed by atoms with Crippen LogP contribution in [0.2, 0.25) is 0 Å². The molecule has 0 aliphatic rings. The first-order chi connectivity index (χ1) is 7.33. The second kappa shape index (κ2) is 7.27. The van der Waals surface area contributed by atoms with E-state index in [9.17, 15) is 0 Å². The first-order valence-electron chi connectivity index (χ1n) is 4.95. The molecule has 2 N–H and O–H groups in total. The minimum Gasteiger partial charge on any atom is -0.394 e. The number of tetrazole rings is 1. The van der Waals surface area contributed by atoms with Crippen LogP contribution in [0, 0.1) is 0 Å². The van der Waals surface area contributed by atoms with Crippen molar-refractivity contribution in [2.45, 2.75) is 13.0 Å². The van der Waals surface area contributed by atoms with E-state index in [-0.39, 0.29) is 6.61 Å². The molecular formula is C8H17N5O2. The Balaban J connectivity index is 1.93. The van der Waals surface area contributed by atoms with Gasteiger partial charge in [-0.3, -0.25) is 0 Å². The van der Waals surface area contributed by atoms with Gasteiger partial charge in [-0.15, -0.1) is 10.2 Å². The molecule has 7 nitrogen and oxygen atoms in total. The van der Waals surface area contributed by atoms with Crippen molar-refractivity contribution in [1.82, 2.24) is 25.5 Å². The Morgan fingerprint density at radius 1 is 1.47 bits per heavy atom. The lowest BCUT2D eigenvalue weighted by molar-refractivity contribution is 0.0907. The monoisotopic (exact) mass is 215 g/mol. The molecular weight excluding hydrogens is 198 g/mol. The lowest BCUT2D eigenvalue weighted by Crippen LogP contribution is -2.17. The maximum atomic E-state index is 8.45. The summed E-state index contributed by atoms with van der Waals surface area (Å²) in [5.41, 5.74) is 0. The maximum absolute atomic E-state index is 8.45. The molecule has 86 valence electrons. The molecule has 0 fully saturated rings. The molecule has 1 aromatic heterocycles. The summed E-state index contributed by atoms with van der Waals surface area (Å²) in [7, 11) is 1.74. The summed E-state index contributed by atoms with van der Waals surface area (Å²) in [5, 5.41) is 23.2. The fourth-order valence-corrected chi connectivity index (χ4v) is 1.06. The molecule has 0 atom stereocenters. The average molecular weight is 215 g/mol. The van der Waals surface area contributed by atoms with Crippen LogP contribution in [0.1, 0.15) is 12.2 Å². The fraction of sp³-hybridized carbons (Fsp3) is 0.875. The highest BCUT2D eigenvalue weighted by atomic mass is 16.5. The number of aromatic nitrogens is 4. The van der Waals surface area contributed by atoms with Crippen molar-refractivity contribution in [2.75, 3.05) is 26.4 Å². The summed E-state index contributed by atoms with van der Waals surface area (Å²) in [5.74, 6) is 0.689. The second-order valence-electron chi connectivity index (χ2n) is 3.06. The van der Waals surface area contributed by atoms with Gasteiger partial charge >= 0.3 is 0 Å². The molecule has 1 rings (SSSR count). The number of rotatable bonds is 8. The molecule has 0 spiro atoms. The van der Waals surface area contributed by atoms with Crippen LogP contribution in [0.25, 0.3) is 0 Å². The molecule has 0 aromatic carbocycles. The standard InChI is InChI=1S/C8H17N5O2/c1-13-11-8(10-12-13)7-9-3-2-5-15-6-4-14/h9,14H,2-7H2,1H3. The Kier molecular flexibility index (Phi) is 5.83. The zero-order valence-corrected chi connectivity index (χ0v) is 8.89. The van der Waals surface area contributed by atoms with E-state index in [1.54, 1.807) is 7.05 Å². The van der Waals surface area contributed by atoms with Gasteiger partial charge in [0.2, 0.25) is 0 Å². The van der Waals surface area contributed by atoms with Crippen LogP contribution in [-0.2, 0) is 18.3 Å². The highest BCUT2D eigenvalue weighted by molar-refractivity contribution is 4.74. The van der Waals surface area contributed by atoms with Gasteiger partial charge in [-0.25, -0.2) is 0 Å². The quantitative estimate of drug-likeness (QED) is 0.524. The van der Waals surface area contributed by atoms with Crippen molar-refractivity contribution in [3.05, 3.63) is 5.82 Å². The van der Waals surface area contributed by atoms with E-state index in [1.807, 2.05) is 0 Å². The predicted molar refractivity (Wildman–Crippen MR) is 53.0 cm³/mol. The molecule has 0 bridgehead atoms. The zero-order chi connectivity index (χ0) is 10.9. The van der Waals surface area contributed by atoms with Gasteiger partial charge in [0.25, 0.3) is 0 Å². The van der Waals surface area contributed by atoms with E-state index in [4.69, 9.17) is 9.84 Å². The van der Waals surface area contributed by atoms with Gasteiger partial charge in [0.1, 0.15) is 0 Å². The Labute approximate surface area is 88.4 Å². The number of nitrogens with one attached hydrogen (secondary N) is 1. The van der Waals surface area contributed by atoms with Gasteiger partial charge in [-0.05, 0) is 18.2 Å². The van der Waals surface area contributed by atoms with Gasteiger partial charge in [-0.1, -0.05) is 0 Å². The van der Waals surface area contributed by atoms with Crippen molar-refractivity contribution >= 4 is 0 Å². The minimum absolute atomic E-state index is 0.0803. The molecule has 0 amide bonds. The average Bonchev–Trinajstić information content (AvgIpc) is 2.63. The number of hydrogen-bond acceptors (Lipinski definition) is 6. The Bertz CT molecular complexity index is 265. The summed E-state index contributed by atoms with van der Waals surface area (Å²) < 4.78 is 5.10. The smallest absolute Gasteiger partial charge is 0.188 e. The zero-order valence-electron chi connectivity index (χ0n) is 8.89. The third-order valence-corrected chi connectivity index (χ3v) is 1.71. The van der Waals surface area contributed by atoms with Crippen LogP contribution in [0.4, 0.5) is 0 Å². The number of aliphatic hydroxyl groups is 1. The third kappa shape index (κ3) is 5.40. The molecule has 0 aliphatic heterocycles. The van der Waals surface area contributed by atoms with Crippen molar-refractivity contribution in [2.24, 2.45) is 7.05 Å². The molecule has 0 saturated carbocycles. The number of aryl methyl sites for hydroxylation is 1. The number of ether oxygens (including phenoxy) is 1. The first-order valence-corrected chi connectivity index (χ1v) is 4.95. The summed E-state index contributed by atoms with van der Waals surface area (Å²) in [6.07, 6.45) is 0.903. The van der Waals surface area contributed by atoms with Crippen molar-refractivity contribution in [3.63, 3.8) is 0 Å². The van der Waals surface area contributed by atoms with Crippen LogP contribution >= 0.6 is 0 Å². The SMILES string of the molecule is Cn1nnc(CNCCCOCCO)n1. The van der Waals surface area contributed by atoms with Crippen molar-refractivity contribution < 1.29 is 9.84 Å². The predicted octanol–water partition coefficient (Wildman–Crippen LogP) is -1.30. The maximum Gasteiger partial charge on any atom is 0.188 e. The van der Waals surface area contributed by atoms with Gasteiger partial charge in [0.05, 0.1) is 26.8 Å². The molecule has 15 heavy (non-hydrogen) atoms. The van der Waals surface area contributed by atoms with Gasteiger partial charge in [0.15, 0.2) is 5.82 Å². The lowest BCUT2D eigenvalue weighted by Gasteiger charge is -2.02.